The molecule has 21 heavy (non-hydrogen) atoms. The molecule has 1 unspecified atom stereocenters. The highest BCUT2D eigenvalue weighted by Gasteiger charge is 2.23. The molecule has 1 N–H and O–H groups in total. The van der Waals surface area contributed by atoms with Crippen LogP contribution in [0.1, 0.15) is 29.2 Å². The summed E-state index contributed by atoms with van der Waals surface area (Å²) in [4.78, 5) is 0. The maximum Gasteiger partial charge on any atom is 0.125 e. The smallest absolute Gasteiger partial charge is 0.125 e. The van der Waals surface area contributed by atoms with Crippen molar-refractivity contribution in [3.8, 4) is 11.5 Å². The van der Waals surface area contributed by atoms with Crippen molar-refractivity contribution in [1.82, 2.24) is 0 Å². The van der Waals surface area contributed by atoms with Gasteiger partial charge in [0.25, 0.3) is 0 Å². The average molecular weight is 349 g/mol. The standard InChI is InChI=1S/C17H17BrO3/c1-20-16-8-5-12(18)9-11(16)10-21-17-4-2-3-13-14(17)6-7-15(13)19/h2-5,8-9,15,19H,6-7,10H2,1H3. The van der Waals surface area contributed by atoms with E-state index in [4.69, 9.17) is 9.47 Å². The number of fused-ring (bicyclic) bond motifs is 1. The summed E-state index contributed by atoms with van der Waals surface area (Å²) in [6.45, 7) is 0.440. The fourth-order valence-corrected chi connectivity index (χ4v) is 3.16. The van der Waals surface area contributed by atoms with Crippen molar-refractivity contribution in [1.29, 1.82) is 0 Å². The molecule has 0 radical (unpaired) electrons. The first-order valence-corrected chi connectivity index (χ1v) is 7.73. The Morgan fingerprint density at radius 1 is 1.24 bits per heavy atom. The van der Waals surface area contributed by atoms with Gasteiger partial charge in [-0.05, 0) is 42.7 Å². The maximum atomic E-state index is 9.93. The predicted octanol–water partition coefficient (Wildman–Crippen LogP) is 4.02. The molecule has 0 aromatic heterocycles. The zero-order chi connectivity index (χ0) is 14.8. The van der Waals surface area contributed by atoms with Gasteiger partial charge in [0.15, 0.2) is 0 Å². The van der Waals surface area contributed by atoms with E-state index in [9.17, 15) is 5.11 Å². The van der Waals surface area contributed by atoms with Crippen molar-refractivity contribution in [3.63, 3.8) is 0 Å². The van der Waals surface area contributed by atoms with Gasteiger partial charge in [0.2, 0.25) is 0 Å². The van der Waals surface area contributed by atoms with Crippen LogP contribution in [0.15, 0.2) is 40.9 Å². The molecule has 0 aliphatic heterocycles. The molecule has 0 saturated carbocycles. The van der Waals surface area contributed by atoms with Gasteiger partial charge < -0.3 is 14.6 Å². The van der Waals surface area contributed by atoms with Crippen molar-refractivity contribution in [3.05, 3.63) is 57.6 Å². The highest BCUT2D eigenvalue weighted by atomic mass is 79.9. The minimum atomic E-state index is -0.357. The summed E-state index contributed by atoms with van der Waals surface area (Å²) in [5.74, 6) is 1.66. The third-order valence-electron chi connectivity index (χ3n) is 3.82. The fourth-order valence-electron chi connectivity index (χ4n) is 2.75. The summed E-state index contributed by atoms with van der Waals surface area (Å²) < 4.78 is 12.3. The van der Waals surface area contributed by atoms with Gasteiger partial charge in [-0.3, -0.25) is 0 Å². The third-order valence-corrected chi connectivity index (χ3v) is 4.31. The Labute approximate surface area is 132 Å². The number of hydrogen-bond donors (Lipinski definition) is 1. The quantitative estimate of drug-likeness (QED) is 0.906. The van der Waals surface area contributed by atoms with Crippen LogP contribution < -0.4 is 9.47 Å². The molecule has 0 heterocycles. The lowest BCUT2D eigenvalue weighted by molar-refractivity contribution is 0.180. The fraction of sp³-hybridized carbons (Fsp3) is 0.294. The number of methoxy groups -OCH3 is 1. The Bertz CT molecular complexity index is 654. The summed E-state index contributed by atoms with van der Waals surface area (Å²) in [7, 11) is 1.66. The number of aliphatic hydroxyl groups is 1. The maximum absolute atomic E-state index is 9.93. The predicted molar refractivity (Wildman–Crippen MR) is 84.7 cm³/mol. The lowest BCUT2D eigenvalue weighted by Gasteiger charge is -2.13. The van der Waals surface area contributed by atoms with Crippen LogP contribution in [0.5, 0.6) is 11.5 Å². The normalized spacial score (nSPS) is 16.6. The molecule has 2 aromatic rings. The van der Waals surface area contributed by atoms with Crippen LogP contribution >= 0.6 is 15.9 Å². The molecule has 1 atom stereocenters. The molecular weight excluding hydrogens is 332 g/mol. The van der Waals surface area contributed by atoms with Gasteiger partial charge >= 0.3 is 0 Å². The molecule has 1 aliphatic carbocycles. The van der Waals surface area contributed by atoms with Gasteiger partial charge in [0, 0.05) is 15.6 Å². The monoisotopic (exact) mass is 348 g/mol. The van der Waals surface area contributed by atoms with Gasteiger partial charge in [-0.15, -0.1) is 0 Å². The van der Waals surface area contributed by atoms with E-state index in [2.05, 4.69) is 15.9 Å². The summed E-state index contributed by atoms with van der Waals surface area (Å²) in [5, 5.41) is 9.93. The van der Waals surface area contributed by atoms with E-state index >= 15 is 0 Å². The minimum absolute atomic E-state index is 0.357. The number of aliphatic hydroxyl groups excluding tert-OH is 1. The second-order valence-electron chi connectivity index (χ2n) is 5.12. The first kappa shape index (κ1) is 14.4. The van der Waals surface area contributed by atoms with Crippen LogP contribution in [-0.4, -0.2) is 12.2 Å². The van der Waals surface area contributed by atoms with Crippen LogP contribution in [0.4, 0.5) is 0 Å². The van der Waals surface area contributed by atoms with E-state index in [1.807, 2.05) is 36.4 Å². The molecule has 4 heteroatoms. The zero-order valence-electron chi connectivity index (χ0n) is 11.8. The van der Waals surface area contributed by atoms with Crippen molar-refractivity contribution in [2.45, 2.75) is 25.6 Å². The molecule has 110 valence electrons. The van der Waals surface area contributed by atoms with Gasteiger partial charge in [0.1, 0.15) is 18.1 Å². The van der Waals surface area contributed by atoms with E-state index < -0.39 is 0 Å². The van der Waals surface area contributed by atoms with E-state index in [1.54, 1.807) is 7.11 Å². The summed E-state index contributed by atoms with van der Waals surface area (Å²) >= 11 is 3.47. The molecule has 2 aromatic carbocycles. The van der Waals surface area contributed by atoms with Gasteiger partial charge in [-0.25, -0.2) is 0 Å². The Balaban J connectivity index is 1.82. The molecule has 3 nitrogen and oxygen atoms in total. The Morgan fingerprint density at radius 3 is 2.90 bits per heavy atom. The second-order valence-corrected chi connectivity index (χ2v) is 6.04. The topological polar surface area (TPSA) is 38.7 Å². The molecule has 0 amide bonds. The largest absolute Gasteiger partial charge is 0.496 e. The molecule has 0 saturated heterocycles. The molecule has 0 spiro atoms. The lowest BCUT2D eigenvalue weighted by atomic mass is 10.1. The zero-order valence-corrected chi connectivity index (χ0v) is 13.4. The van der Waals surface area contributed by atoms with Crippen LogP contribution in [0.25, 0.3) is 0 Å². The van der Waals surface area contributed by atoms with Crippen molar-refractivity contribution < 1.29 is 14.6 Å². The third kappa shape index (κ3) is 2.92. The van der Waals surface area contributed by atoms with Crippen molar-refractivity contribution in [2.24, 2.45) is 0 Å². The Kier molecular flexibility index (Phi) is 4.17. The van der Waals surface area contributed by atoms with E-state index in [-0.39, 0.29) is 6.10 Å². The SMILES string of the molecule is COc1ccc(Br)cc1COc1cccc2c1CCC2O. The van der Waals surface area contributed by atoms with Crippen molar-refractivity contribution in [2.75, 3.05) is 7.11 Å². The van der Waals surface area contributed by atoms with Crippen LogP contribution in [-0.2, 0) is 13.0 Å². The average Bonchev–Trinajstić information content (AvgIpc) is 2.87. The first-order valence-electron chi connectivity index (χ1n) is 6.94. The molecule has 1 aliphatic rings. The number of ether oxygens (including phenoxy) is 2. The highest BCUT2D eigenvalue weighted by molar-refractivity contribution is 9.10. The van der Waals surface area contributed by atoms with E-state index in [1.165, 1.54) is 0 Å². The van der Waals surface area contributed by atoms with Crippen LogP contribution in [0, 0.1) is 0 Å². The summed E-state index contributed by atoms with van der Waals surface area (Å²) in [6.07, 6.45) is 1.28. The summed E-state index contributed by atoms with van der Waals surface area (Å²) in [6, 6.07) is 11.7. The number of rotatable bonds is 4. The molecular formula is C17H17BrO3. The number of halogens is 1. The number of hydrogen-bond acceptors (Lipinski definition) is 3. The first-order chi connectivity index (χ1) is 10.2. The van der Waals surface area contributed by atoms with E-state index in [0.29, 0.717) is 6.61 Å². The van der Waals surface area contributed by atoms with Crippen molar-refractivity contribution >= 4 is 15.9 Å². The number of benzene rings is 2. The lowest BCUT2D eigenvalue weighted by Crippen LogP contribution is -2.01. The van der Waals surface area contributed by atoms with Crippen LogP contribution in [0.3, 0.4) is 0 Å². The molecule has 3 rings (SSSR count). The van der Waals surface area contributed by atoms with Gasteiger partial charge in [-0.2, -0.15) is 0 Å². The van der Waals surface area contributed by atoms with Gasteiger partial charge in [0.05, 0.1) is 13.2 Å². The highest BCUT2D eigenvalue weighted by Crippen LogP contribution is 2.37. The molecule has 0 bridgehead atoms. The minimum Gasteiger partial charge on any atom is -0.496 e. The van der Waals surface area contributed by atoms with Gasteiger partial charge in [-0.1, -0.05) is 28.1 Å². The second kappa shape index (κ2) is 6.08. The molecule has 0 fully saturated rings. The van der Waals surface area contributed by atoms with E-state index in [0.717, 1.165) is 45.5 Å². The van der Waals surface area contributed by atoms with Crippen LogP contribution in [0.2, 0.25) is 0 Å². The Hall–Kier alpha value is -1.52. The Morgan fingerprint density at radius 2 is 2.10 bits per heavy atom. The summed E-state index contributed by atoms with van der Waals surface area (Å²) in [5.41, 5.74) is 3.11.